The highest BCUT2D eigenvalue weighted by Gasteiger charge is 2.75. The lowest BCUT2D eigenvalue weighted by Gasteiger charge is -2.48. The normalized spacial score (nSPS) is 26.1. The van der Waals surface area contributed by atoms with E-state index in [2.05, 4.69) is 0 Å². The molecule has 9 nitrogen and oxygen atoms in total. The van der Waals surface area contributed by atoms with Gasteiger partial charge in [-0.25, -0.2) is 9.29 Å². The molecule has 7 rings (SSSR count). The van der Waals surface area contributed by atoms with E-state index in [1.54, 1.807) is 48.5 Å². The first-order chi connectivity index (χ1) is 16.3. The van der Waals surface area contributed by atoms with Gasteiger partial charge in [0.05, 0.1) is 16.9 Å². The van der Waals surface area contributed by atoms with Gasteiger partial charge in [-0.15, -0.1) is 0 Å². The number of nitro groups is 2. The molecule has 4 aliphatic rings. The highest BCUT2D eigenvalue weighted by Crippen LogP contribution is 2.64. The van der Waals surface area contributed by atoms with Gasteiger partial charge in [0.1, 0.15) is 17.4 Å². The van der Waals surface area contributed by atoms with Crippen molar-refractivity contribution in [3.63, 3.8) is 0 Å². The predicted octanol–water partition coefficient (Wildman–Crippen LogP) is 3.52. The highest BCUT2D eigenvalue weighted by atomic mass is 19.1. The topological polar surface area (TPSA) is 124 Å². The van der Waals surface area contributed by atoms with Crippen LogP contribution in [0, 0.1) is 37.9 Å². The van der Waals surface area contributed by atoms with Gasteiger partial charge in [-0.1, -0.05) is 48.5 Å². The van der Waals surface area contributed by atoms with Crippen LogP contribution in [0.3, 0.4) is 0 Å². The second-order valence-electron chi connectivity index (χ2n) is 8.58. The van der Waals surface area contributed by atoms with E-state index in [9.17, 15) is 34.2 Å². The number of hydrogen-bond donors (Lipinski definition) is 0. The summed E-state index contributed by atoms with van der Waals surface area (Å²) in [4.78, 5) is 51.3. The maximum Gasteiger partial charge on any atom is 0.296 e. The number of amides is 2. The summed E-state index contributed by atoms with van der Waals surface area (Å²) in [5.74, 6) is -5.77. The van der Waals surface area contributed by atoms with E-state index in [0.717, 1.165) is 12.1 Å². The fourth-order valence-electron chi connectivity index (χ4n) is 6.11. The molecule has 2 amide bonds. The number of imide groups is 1. The van der Waals surface area contributed by atoms with Crippen molar-refractivity contribution in [2.75, 3.05) is 4.90 Å². The van der Waals surface area contributed by atoms with Gasteiger partial charge in [0.25, 0.3) is 11.2 Å². The first-order valence-corrected chi connectivity index (χ1v) is 10.4. The van der Waals surface area contributed by atoms with E-state index in [0.29, 0.717) is 33.2 Å². The molecule has 34 heavy (non-hydrogen) atoms. The molecule has 3 aromatic carbocycles. The number of carbonyl (C=O) groups excluding carboxylic acids is 2. The Morgan fingerprint density at radius 2 is 1.44 bits per heavy atom. The minimum atomic E-state index is -2.04. The molecule has 0 N–H and O–H groups in total. The van der Waals surface area contributed by atoms with Gasteiger partial charge in [-0.2, -0.15) is 0 Å². The Balaban J connectivity index is 1.66. The molecule has 2 atom stereocenters. The SMILES string of the molecule is O=C1[C@H]2C3c4ccccc4C([N+](=O)[O-])(c4ccccc43)[C@H]2C(=O)N1c1ccc(F)cc1[N+](=O)[O-]. The Morgan fingerprint density at radius 1 is 0.853 bits per heavy atom. The number of halogens is 1. The molecular formula is C24H14FN3O6. The summed E-state index contributed by atoms with van der Waals surface area (Å²) in [5, 5.41) is 24.5. The van der Waals surface area contributed by atoms with Gasteiger partial charge in [-0.3, -0.25) is 29.8 Å². The first kappa shape index (κ1) is 20.2. The van der Waals surface area contributed by atoms with Crippen LogP contribution in [0.1, 0.15) is 28.2 Å². The largest absolute Gasteiger partial charge is 0.296 e. The summed E-state index contributed by atoms with van der Waals surface area (Å²) in [7, 11) is 0. The standard InChI is InChI=1S/C24H14FN3O6/c25-12-9-10-17(18(11-12)27(31)32)26-22(29)20-19-13-5-1-3-7-15(13)24(28(33)34,21(20)23(26)30)16-8-4-2-6-14(16)19/h1-11,19-21H/t19?,20-,21+,24?/m0/s1. The second-order valence-corrected chi connectivity index (χ2v) is 8.58. The lowest BCUT2D eigenvalue weighted by molar-refractivity contribution is -0.578. The van der Waals surface area contributed by atoms with Crippen LogP contribution in [0.25, 0.3) is 0 Å². The second kappa shape index (κ2) is 6.53. The number of benzene rings is 3. The highest BCUT2D eigenvalue weighted by molar-refractivity contribution is 6.24. The summed E-state index contributed by atoms with van der Waals surface area (Å²) in [6.07, 6.45) is 0. The summed E-state index contributed by atoms with van der Waals surface area (Å²) >= 11 is 0. The van der Waals surface area contributed by atoms with Crippen LogP contribution >= 0.6 is 0 Å². The molecule has 0 aromatic heterocycles. The third-order valence-electron chi connectivity index (χ3n) is 7.24. The Morgan fingerprint density at radius 3 is 2.00 bits per heavy atom. The minimum absolute atomic E-state index is 0.335. The van der Waals surface area contributed by atoms with Crippen LogP contribution in [-0.4, -0.2) is 21.7 Å². The van der Waals surface area contributed by atoms with Gasteiger partial charge in [0.2, 0.25) is 11.8 Å². The zero-order valence-corrected chi connectivity index (χ0v) is 17.3. The van der Waals surface area contributed by atoms with Crippen molar-refractivity contribution in [3.8, 4) is 0 Å². The molecule has 1 heterocycles. The van der Waals surface area contributed by atoms with Crippen LogP contribution in [0.4, 0.5) is 15.8 Å². The van der Waals surface area contributed by atoms with Gasteiger partial charge < -0.3 is 0 Å². The molecule has 0 spiro atoms. The quantitative estimate of drug-likeness (QED) is 0.335. The molecule has 168 valence electrons. The molecule has 0 saturated carbocycles. The zero-order valence-electron chi connectivity index (χ0n) is 17.3. The van der Waals surface area contributed by atoms with Gasteiger partial charge >= 0.3 is 0 Å². The zero-order chi connectivity index (χ0) is 23.9. The summed E-state index contributed by atoms with van der Waals surface area (Å²) in [5.41, 5.74) is -1.38. The Hall–Kier alpha value is -4.47. The molecule has 10 heteroatoms. The lowest BCUT2D eigenvalue weighted by atomic mass is 9.51. The van der Waals surface area contributed by atoms with Crippen molar-refractivity contribution < 1.29 is 23.8 Å². The van der Waals surface area contributed by atoms with Crippen molar-refractivity contribution in [1.82, 2.24) is 0 Å². The van der Waals surface area contributed by atoms with Crippen molar-refractivity contribution in [2.24, 2.45) is 11.8 Å². The number of anilines is 1. The molecule has 1 fully saturated rings. The Bertz CT molecular complexity index is 1420. The van der Waals surface area contributed by atoms with E-state index in [1.807, 2.05) is 0 Å². The average Bonchev–Trinajstić information content (AvgIpc) is 3.09. The van der Waals surface area contributed by atoms with Crippen LogP contribution in [-0.2, 0) is 15.1 Å². The van der Waals surface area contributed by atoms with Gasteiger partial charge in [0.15, 0.2) is 0 Å². The third-order valence-corrected chi connectivity index (χ3v) is 7.24. The Labute approximate surface area is 190 Å². The van der Waals surface area contributed by atoms with E-state index >= 15 is 0 Å². The van der Waals surface area contributed by atoms with Crippen molar-refractivity contribution >= 4 is 23.2 Å². The number of hydrogen-bond acceptors (Lipinski definition) is 6. The van der Waals surface area contributed by atoms with E-state index in [1.165, 1.54) is 0 Å². The number of rotatable bonds is 3. The van der Waals surface area contributed by atoms with Crippen molar-refractivity contribution in [1.29, 1.82) is 0 Å². The lowest BCUT2D eigenvalue weighted by Crippen LogP contribution is -2.57. The maximum atomic E-state index is 13.8. The summed E-state index contributed by atoms with van der Waals surface area (Å²) < 4.78 is 13.8. The molecule has 3 aromatic rings. The fourth-order valence-corrected chi connectivity index (χ4v) is 6.11. The Kier molecular flexibility index (Phi) is 3.87. The number of nitrogens with zero attached hydrogens (tertiary/aromatic N) is 3. The predicted molar refractivity (Wildman–Crippen MR) is 115 cm³/mol. The van der Waals surface area contributed by atoms with Gasteiger partial charge in [0, 0.05) is 22.0 Å². The summed E-state index contributed by atoms with van der Waals surface area (Å²) in [6, 6.07) is 15.9. The molecule has 0 radical (unpaired) electrons. The molecule has 0 unspecified atom stereocenters. The fraction of sp³-hybridized carbons (Fsp3) is 0.167. The molecule has 2 bridgehead atoms. The van der Waals surface area contributed by atoms with Crippen LogP contribution in [0.5, 0.6) is 0 Å². The van der Waals surface area contributed by atoms with E-state index < -0.39 is 62.1 Å². The third kappa shape index (κ3) is 2.17. The van der Waals surface area contributed by atoms with E-state index in [-0.39, 0.29) is 0 Å². The van der Waals surface area contributed by atoms with Crippen molar-refractivity contribution in [2.45, 2.75) is 11.5 Å². The van der Waals surface area contributed by atoms with Crippen LogP contribution < -0.4 is 4.90 Å². The molecule has 1 saturated heterocycles. The molecule has 3 aliphatic carbocycles. The number of carbonyl (C=O) groups is 2. The first-order valence-electron chi connectivity index (χ1n) is 10.4. The molecule has 1 aliphatic heterocycles. The summed E-state index contributed by atoms with van der Waals surface area (Å²) in [6.45, 7) is 0. The van der Waals surface area contributed by atoms with Crippen LogP contribution in [0.2, 0.25) is 0 Å². The van der Waals surface area contributed by atoms with E-state index in [4.69, 9.17) is 0 Å². The molecular weight excluding hydrogens is 445 g/mol. The monoisotopic (exact) mass is 459 g/mol. The smallest absolute Gasteiger partial charge is 0.274 e. The maximum absolute atomic E-state index is 13.8. The number of nitro benzene ring substituents is 1. The van der Waals surface area contributed by atoms with Gasteiger partial charge in [-0.05, 0) is 23.3 Å². The minimum Gasteiger partial charge on any atom is -0.274 e. The van der Waals surface area contributed by atoms with Crippen molar-refractivity contribution in [3.05, 3.63) is 115 Å². The average molecular weight is 459 g/mol. The van der Waals surface area contributed by atoms with Crippen LogP contribution in [0.15, 0.2) is 66.7 Å².